The highest BCUT2D eigenvalue weighted by atomic mass is 16.4. The second-order valence-electron chi connectivity index (χ2n) is 7.99. The van der Waals surface area contributed by atoms with Crippen LogP contribution in [0.5, 0.6) is 0 Å². The van der Waals surface area contributed by atoms with Crippen molar-refractivity contribution >= 4 is 22.8 Å². The first kappa shape index (κ1) is 19.6. The molecule has 1 atom stereocenters. The summed E-state index contributed by atoms with van der Waals surface area (Å²) in [6.07, 6.45) is 3.34. The van der Waals surface area contributed by atoms with Gasteiger partial charge in [-0.25, -0.2) is 4.79 Å². The number of benzene rings is 1. The maximum atomic E-state index is 12.9. The monoisotopic (exact) mass is 397 g/mol. The second-order valence-corrected chi connectivity index (χ2v) is 7.99. The van der Waals surface area contributed by atoms with E-state index in [-0.39, 0.29) is 17.4 Å². The zero-order valence-corrected chi connectivity index (χ0v) is 16.8. The summed E-state index contributed by atoms with van der Waals surface area (Å²) in [7, 11) is 0. The van der Waals surface area contributed by atoms with Crippen LogP contribution in [0.4, 0.5) is 0 Å². The lowest BCUT2D eigenvalue weighted by Crippen LogP contribution is -2.53. The highest BCUT2D eigenvalue weighted by molar-refractivity contribution is 5.96. The van der Waals surface area contributed by atoms with Gasteiger partial charge in [0.1, 0.15) is 11.1 Å². The number of carbonyl (C=O) groups excluding carboxylic acids is 2. The fraction of sp³-hybridized carbons (Fsp3) is 0.500. The standard InChI is InChI=1S/C22H27N3O4/c1-16-6-4-5-9-25(16)20(26)15-23-10-12-24(13-11-23)21(27)18-14-17-7-2-3-8-19(17)29-22(18)28/h2-3,7-8,14,16H,4-6,9-13,15H2,1H3. The summed E-state index contributed by atoms with van der Waals surface area (Å²) in [5.74, 6) is -0.132. The van der Waals surface area contributed by atoms with Crippen LogP contribution in [0.15, 0.2) is 39.5 Å². The largest absolute Gasteiger partial charge is 0.422 e. The van der Waals surface area contributed by atoms with Gasteiger partial charge in [-0.1, -0.05) is 18.2 Å². The Morgan fingerprint density at radius 1 is 1.07 bits per heavy atom. The highest BCUT2D eigenvalue weighted by Crippen LogP contribution is 2.18. The van der Waals surface area contributed by atoms with Crippen molar-refractivity contribution in [3.05, 3.63) is 46.3 Å². The van der Waals surface area contributed by atoms with E-state index in [4.69, 9.17) is 4.42 Å². The Labute approximate surface area is 169 Å². The molecule has 0 aliphatic carbocycles. The molecule has 1 aromatic carbocycles. The maximum Gasteiger partial charge on any atom is 0.349 e. The van der Waals surface area contributed by atoms with Crippen LogP contribution in [-0.4, -0.2) is 71.8 Å². The molecule has 0 N–H and O–H groups in total. The van der Waals surface area contributed by atoms with Crippen LogP contribution >= 0.6 is 0 Å². The molecule has 2 saturated heterocycles. The number of likely N-dealkylation sites (tertiary alicyclic amines) is 1. The molecule has 154 valence electrons. The number of hydrogen-bond donors (Lipinski definition) is 0. The van der Waals surface area contributed by atoms with Crippen molar-refractivity contribution in [2.24, 2.45) is 0 Å². The molecule has 2 aliphatic heterocycles. The van der Waals surface area contributed by atoms with E-state index < -0.39 is 5.63 Å². The molecule has 2 fully saturated rings. The third-order valence-electron chi connectivity index (χ3n) is 6.01. The molecule has 0 radical (unpaired) electrons. The van der Waals surface area contributed by atoms with Gasteiger partial charge in [-0.3, -0.25) is 14.5 Å². The van der Waals surface area contributed by atoms with Gasteiger partial charge in [0, 0.05) is 44.2 Å². The van der Waals surface area contributed by atoms with Crippen LogP contribution < -0.4 is 5.63 Å². The number of piperazine rings is 1. The summed E-state index contributed by atoms with van der Waals surface area (Å²) in [6.45, 7) is 5.59. The first-order valence-electron chi connectivity index (χ1n) is 10.4. The SMILES string of the molecule is CC1CCCCN1C(=O)CN1CCN(C(=O)c2cc3ccccc3oc2=O)CC1. The second kappa shape index (κ2) is 8.37. The van der Waals surface area contributed by atoms with Crippen LogP contribution in [0.25, 0.3) is 11.0 Å². The van der Waals surface area contributed by atoms with Gasteiger partial charge in [-0.05, 0) is 38.3 Å². The number of fused-ring (bicyclic) bond motifs is 1. The van der Waals surface area contributed by atoms with Gasteiger partial charge in [0.25, 0.3) is 5.91 Å². The molecule has 0 saturated carbocycles. The number of amides is 2. The van der Waals surface area contributed by atoms with Crippen molar-refractivity contribution < 1.29 is 14.0 Å². The Hall–Kier alpha value is -2.67. The van der Waals surface area contributed by atoms with Crippen molar-refractivity contribution in [3.63, 3.8) is 0 Å². The van der Waals surface area contributed by atoms with Gasteiger partial charge in [-0.15, -0.1) is 0 Å². The quantitative estimate of drug-likeness (QED) is 0.740. The fourth-order valence-corrected chi connectivity index (χ4v) is 4.24. The average Bonchev–Trinajstić information content (AvgIpc) is 2.73. The Balaban J connectivity index is 1.37. The molecular weight excluding hydrogens is 370 g/mol. The zero-order chi connectivity index (χ0) is 20.4. The molecule has 2 amide bonds. The number of piperidine rings is 1. The minimum atomic E-state index is -0.606. The van der Waals surface area contributed by atoms with Crippen molar-refractivity contribution in [2.45, 2.75) is 32.2 Å². The summed E-state index contributed by atoms with van der Waals surface area (Å²) in [5.41, 5.74) is -0.0647. The lowest BCUT2D eigenvalue weighted by Gasteiger charge is -2.38. The smallest absolute Gasteiger partial charge is 0.349 e. The van der Waals surface area contributed by atoms with E-state index >= 15 is 0 Å². The van der Waals surface area contributed by atoms with E-state index in [9.17, 15) is 14.4 Å². The van der Waals surface area contributed by atoms with E-state index in [2.05, 4.69) is 11.8 Å². The molecule has 4 rings (SSSR count). The summed E-state index contributed by atoms with van der Waals surface area (Å²) in [4.78, 5) is 43.5. The number of carbonyl (C=O) groups is 2. The topological polar surface area (TPSA) is 74.1 Å². The Kier molecular flexibility index (Phi) is 5.67. The predicted molar refractivity (Wildman–Crippen MR) is 110 cm³/mol. The fourth-order valence-electron chi connectivity index (χ4n) is 4.24. The van der Waals surface area contributed by atoms with Gasteiger partial charge < -0.3 is 14.2 Å². The number of nitrogens with zero attached hydrogens (tertiary/aromatic N) is 3. The van der Waals surface area contributed by atoms with E-state index in [1.54, 1.807) is 23.1 Å². The van der Waals surface area contributed by atoms with E-state index in [0.29, 0.717) is 44.3 Å². The van der Waals surface area contributed by atoms with Crippen molar-refractivity contribution in [1.29, 1.82) is 0 Å². The molecule has 0 spiro atoms. The van der Waals surface area contributed by atoms with Crippen LogP contribution in [-0.2, 0) is 4.79 Å². The minimum absolute atomic E-state index is 0.0652. The van der Waals surface area contributed by atoms with Crippen molar-refractivity contribution in [2.75, 3.05) is 39.3 Å². The molecule has 0 bridgehead atoms. The van der Waals surface area contributed by atoms with Crippen LogP contribution in [0, 0.1) is 0 Å². The third kappa shape index (κ3) is 4.19. The lowest BCUT2D eigenvalue weighted by molar-refractivity contribution is -0.136. The third-order valence-corrected chi connectivity index (χ3v) is 6.01. The molecule has 7 heteroatoms. The molecule has 1 aromatic heterocycles. The summed E-state index contributed by atoms with van der Waals surface area (Å²) < 4.78 is 5.29. The molecule has 2 aromatic rings. The van der Waals surface area contributed by atoms with Crippen molar-refractivity contribution in [1.82, 2.24) is 14.7 Å². The molecule has 7 nitrogen and oxygen atoms in total. The summed E-state index contributed by atoms with van der Waals surface area (Å²) >= 11 is 0. The van der Waals surface area contributed by atoms with Crippen molar-refractivity contribution in [3.8, 4) is 0 Å². The molecule has 2 aliphatic rings. The van der Waals surface area contributed by atoms with Gasteiger partial charge in [0.2, 0.25) is 5.91 Å². The molecule has 29 heavy (non-hydrogen) atoms. The first-order valence-corrected chi connectivity index (χ1v) is 10.4. The Morgan fingerprint density at radius 3 is 2.59 bits per heavy atom. The summed E-state index contributed by atoms with van der Waals surface area (Å²) in [5, 5.41) is 0.732. The van der Waals surface area contributed by atoms with E-state index in [0.717, 1.165) is 24.8 Å². The van der Waals surface area contributed by atoms with E-state index in [1.807, 2.05) is 17.0 Å². The van der Waals surface area contributed by atoms with Gasteiger partial charge in [0.15, 0.2) is 0 Å². The molecule has 1 unspecified atom stereocenters. The number of hydrogen-bond acceptors (Lipinski definition) is 5. The lowest BCUT2D eigenvalue weighted by atomic mass is 10.0. The summed E-state index contributed by atoms with van der Waals surface area (Å²) in [6, 6.07) is 9.08. The first-order chi connectivity index (χ1) is 14.0. The number of rotatable bonds is 3. The van der Waals surface area contributed by atoms with E-state index in [1.165, 1.54) is 6.42 Å². The predicted octanol–water partition coefficient (Wildman–Crippen LogP) is 1.95. The minimum Gasteiger partial charge on any atom is -0.422 e. The Bertz CT molecular complexity index is 962. The van der Waals surface area contributed by atoms with Crippen LogP contribution in [0.1, 0.15) is 36.5 Å². The average molecular weight is 397 g/mol. The van der Waals surface area contributed by atoms with Gasteiger partial charge in [-0.2, -0.15) is 0 Å². The zero-order valence-electron chi connectivity index (χ0n) is 16.8. The van der Waals surface area contributed by atoms with Crippen LogP contribution in [0.3, 0.4) is 0 Å². The van der Waals surface area contributed by atoms with Gasteiger partial charge >= 0.3 is 5.63 Å². The molecule has 3 heterocycles. The van der Waals surface area contributed by atoms with Crippen LogP contribution in [0.2, 0.25) is 0 Å². The molecular formula is C22H27N3O4. The maximum absolute atomic E-state index is 12.9. The highest BCUT2D eigenvalue weighted by Gasteiger charge is 2.28. The van der Waals surface area contributed by atoms with Gasteiger partial charge in [0.05, 0.1) is 6.54 Å². The normalized spacial score (nSPS) is 20.8. The Morgan fingerprint density at radius 2 is 1.83 bits per heavy atom. The number of para-hydroxylation sites is 1.